The lowest BCUT2D eigenvalue weighted by Gasteiger charge is -1.97. The maximum atomic E-state index is 5.64. The van der Waals surface area contributed by atoms with Crippen LogP contribution in [0.4, 0.5) is 0 Å². The Bertz CT molecular complexity index is 266. The predicted molar refractivity (Wildman–Crippen MR) is 45.6 cm³/mol. The molecular formula is C9H14N2O. The maximum absolute atomic E-state index is 5.64. The second-order valence-electron chi connectivity index (χ2n) is 4.05. The van der Waals surface area contributed by atoms with Crippen molar-refractivity contribution in [2.45, 2.75) is 19.8 Å². The van der Waals surface area contributed by atoms with Gasteiger partial charge in [0.05, 0.1) is 6.20 Å². The maximum Gasteiger partial charge on any atom is 0.180 e. The first-order valence-corrected chi connectivity index (χ1v) is 4.26. The number of nitrogens with zero attached hydrogens (tertiary/aromatic N) is 1. The first-order valence-electron chi connectivity index (χ1n) is 4.26. The van der Waals surface area contributed by atoms with Crippen LogP contribution in [0.15, 0.2) is 17.0 Å². The molecule has 3 nitrogen and oxygen atoms in total. The van der Waals surface area contributed by atoms with Gasteiger partial charge in [0, 0.05) is 5.92 Å². The predicted octanol–water partition coefficient (Wildman–Crippen LogP) is 1.37. The van der Waals surface area contributed by atoms with Gasteiger partial charge in [-0.3, -0.25) is 0 Å². The Balaban J connectivity index is 2.19. The highest BCUT2D eigenvalue weighted by Gasteiger charge is 2.59. The van der Waals surface area contributed by atoms with E-state index in [-0.39, 0.29) is 0 Å². The lowest BCUT2D eigenvalue weighted by atomic mass is 10.1. The molecule has 1 aliphatic carbocycles. The molecule has 0 bridgehead atoms. The normalized spacial score (nSPS) is 31.9. The van der Waals surface area contributed by atoms with Gasteiger partial charge in [-0.1, -0.05) is 13.8 Å². The minimum Gasteiger partial charge on any atom is -0.448 e. The highest BCUT2D eigenvalue weighted by Crippen LogP contribution is 2.63. The summed E-state index contributed by atoms with van der Waals surface area (Å²) in [5.74, 6) is 2.02. The van der Waals surface area contributed by atoms with Gasteiger partial charge in [-0.2, -0.15) is 0 Å². The molecule has 1 heterocycles. The summed E-state index contributed by atoms with van der Waals surface area (Å²) in [6.45, 7) is 5.17. The van der Waals surface area contributed by atoms with Gasteiger partial charge in [0.2, 0.25) is 0 Å². The second kappa shape index (κ2) is 2.33. The van der Waals surface area contributed by atoms with Crippen LogP contribution in [0.3, 0.4) is 0 Å². The van der Waals surface area contributed by atoms with Crippen molar-refractivity contribution < 1.29 is 4.42 Å². The monoisotopic (exact) mass is 166 g/mol. The van der Waals surface area contributed by atoms with Gasteiger partial charge in [-0.25, -0.2) is 4.98 Å². The number of hydrogen-bond donors (Lipinski definition) is 1. The van der Waals surface area contributed by atoms with Crippen LogP contribution in [0.1, 0.15) is 25.5 Å². The largest absolute Gasteiger partial charge is 0.448 e. The van der Waals surface area contributed by atoms with E-state index in [1.165, 1.54) is 6.39 Å². The van der Waals surface area contributed by atoms with Crippen molar-refractivity contribution in [1.82, 2.24) is 4.98 Å². The molecule has 1 aromatic rings. The van der Waals surface area contributed by atoms with E-state index in [9.17, 15) is 0 Å². The first-order chi connectivity index (χ1) is 5.68. The Morgan fingerprint density at radius 1 is 1.67 bits per heavy atom. The molecule has 1 aliphatic rings. The lowest BCUT2D eigenvalue weighted by Crippen LogP contribution is -2.05. The molecule has 1 saturated carbocycles. The molecule has 3 heteroatoms. The fourth-order valence-electron chi connectivity index (χ4n) is 2.13. The minimum absolute atomic E-state index is 0.300. The number of aromatic nitrogens is 1. The summed E-state index contributed by atoms with van der Waals surface area (Å²) in [5.41, 5.74) is 5.94. The van der Waals surface area contributed by atoms with Gasteiger partial charge in [-0.15, -0.1) is 0 Å². The summed E-state index contributed by atoms with van der Waals surface area (Å²) >= 11 is 0. The second-order valence-corrected chi connectivity index (χ2v) is 4.05. The van der Waals surface area contributed by atoms with Gasteiger partial charge in [0.1, 0.15) is 5.76 Å². The van der Waals surface area contributed by atoms with E-state index in [1.54, 1.807) is 6.20 Å². The van der Waals surface area contributed by atoms with Crippen molar-refractivity contribution in [3.05, 3.63) is 18.4 Å². The van der Waals surface area contributed by atoms with Crippen LogP contribution >= 0.6 is 0 Å². The van der Waals surface area contributed by atoms with E-state index in [4.69, 9.17) is 10.2 Å². The van der Waals surface area contributed by atoms with Gasteiger partial charge in [0.25, 0.3) is 0 Å². The van der Waals surface area contributed by atoms with Crippen molar-refractivity contribution in [3.63, 3.8) is 0 Å². The molecule has 1 aromatic heterocycles. The molecule has 2 N–H and O–H groups in total. The lowest BCUT2D eigenvalue weighted by molar-refractivity contribution is 0.478. The van der Waals surface area contributed by atoms with Crippen molar-refractivity contribution >= 4 is 0 Å². The van der Waals surface area contributed by atoms with Crippen LogP contribution in [0, 0.1) is 11.3 Å². The quantitative estimate of drug-likeness (QED) is 0.722. The van der Waals surface area contributed by atoms with Gasteiger partial charge in [-0.05, 0) is 17.9 Å². The van der Waals surface area contributed by atoms with Crippen LogP contribution in [0.2, 0.25) is 0 Å². The van der Waals surface area contributed by atoms with Crippen molar-refractivity contribution in [2.75, 3.05) is 6.54 Å². The molecule has 0 spiro atoms. The summed E-state index contributed by atoms with van der Waals surface area (Å²) in [6, 6.07) is 0. The van der Waals surface area contributed by atoms with Crippen LogP contribution in [0.25, 0.3) is 0 Å². The number of hydrogen-bond acceptors (Lipinski definition) is 3. The molecule has 0 saturated heterocycles. The molecule has 66 valence electrons. The van der Waals surface area contributed by atoms with Crippen LogP contribution in [-0.4, -0.2) is 11.5 Å². The molecule has 2 rings (SSSR count). The fraction of sp³-hybridized carbons (Fsp3) is 0.667. The smallest absolute Gasteiger partial charge is 0.180 e. The summed E-state index contributed by atoms with van der Waals surface area (Å²) in [5, 5.41) is 0. The highest BCUT2D eigenvalue weighted by atomic mass is 16.3. The third kappa shape index (κ3) is 0.894. The van der Waals surface area contributed by atoms with Crippen molar-refractivity contribution in [3.8, 4) is 0 Å². The Kier molecular flexibility index (Phi) is 1.51. The van der Waals surface area contributed by atoms with E-state index in [2.05, 4.69) is 18.8 Å². The zero-order valence-electron chi connectivity index (χ0n) is 7.45. The molecular weight excluding hydrogens is 152 g/mol. The Hall–Kier alpha value is -0.830. The first kappa shape index (κ1) is 7.80. The summed E-state index contributed by atoms with van der Waals surface area (Å²) in [6.07, 6.45) is 3.28. The molecule has 1 fully saturated rings. The zero-order chi connectivity index (χ0) is 8.77. The highest BCUT2D eigenvalue weighted by molar-refractivity contribution is 5.22. The molecule has 0 aromatic carbocycles. The van der Waals surface area contributed by atoms with E-state index in [0.29, 0.717) is 17.3 Å². The number of nitrogens with two attached hydrogens (primary N) is 1. The topological polar surface area (TPSA) is 52.0 Å². The van der Waals surface area contributed by atoms with Crippen molar-refractivity contribution in [1.29, 1.82) is 0 Å². The minimum atomic E-state index is 0.300. The van der Waals surface area contributed by atoms with Crippen LogP contribution < -0.4 is 5.73 Å². The van der Waals surface area contributed by atoms with E-state index >= 15 is 0 Å². The third-order valence-corrected chi connectivity index (χ3v) is 3.06. The molecule has 2 atom stereocenters. The van der Waals surface area contributed by atoms with Gasteiger partial charge < -0.3 is 10.2 Å². The van der Waals surface area contributed by atoms with Gasteiger partial charge in [0.15, 0.2) is 6.39 Å². The average molecular weight is 166 g/mol. The molecule has 0 amide bonds. The van der Waals surface area contributed by atoms with E-state index in [1.807, 2.05) is 0 Å². The van der Waals surface area contributed by atoms with Crippen molar-refractivity contribution in [2.24, 2.45) is 17.1 Å². The Morgan fingerprint density at radius 2 is 2.42 bits per heavy atom. The number of oxazole rings is 1. The molecule has 12 heavy (non-hydrogen) atoms. The van der Waals surface area contributed by atoms with Gasteiger partial charge >= 0.3 is 0 Å². The zero-order valence-corrected chi connectivity index (χ0v) is 7.45. The van der Waals surface area contributed by atoms with Crippen LogP contribution in [0.5, 0.6) is 0 Å². The van der Waals surface area contributed by atoms with Crippen LogP contribution in [-0.2, 0) is 0 Å². The summed E-state index contributed by atoms with van der Waals surface area (Å²) < 4.78 is 5.26. The number of rotatable bonds is 2. The third-order valence-electron chi connectivity index (χ3n) is 3.06. The van der Waals surface area contributed by atoms with E-state index in [0.717, 1.165) is 12.3 Å². The molecule has 0 radical (unpaired) electrons. The standard InChI is InChI=1S/C9H14N2O/c1-9(2)6(3-10)8(9)7-4-11-5-12-7/h4-6,8H,3,10H2,1-2H3/t6-,8+/m0/s1. The Labute approximate surface area is 72.0 Å². The summed E-state index contributed by atoms with van der Waals surface area (Å²) in [4.78, 5) is 3.91. The molecule has 0 unspecified atom stereocenters. The van der Waals surface area contributed by atoms with E-state index < -0.39 is 0 Å². The average Bonchev–Trinajstić information content (AvgIpc) is 2.50. The molecule has 0 aliphatic heterocycles. The fourth-order valence-corrected chi connectivity index (χ4v) is 2.13. The Morgan fingerprint density at radius 3 is 2.83 bits per heavy atom. The summed E-state index contributed by atoms with van der Waals surface area (Å²) in [7, 11) is 0. The SMILES string of the molecule is CC1(C)[C@@H](CN)[C@@H]1c1cnco1.